The summed E-state index contributed by atoms with van der Waals surface area (Å²) in [6, 6.07) is 6.05. The molecule has 416 valence electrons. The molecule has 0 spiro atoms. The Bertz CT molecular complexity index is 3010. The van der Waals surface area contributed by atoms with Gasteiger partial charge in [0, 0.05) is 150 Å². The first-order chi connectivity index (χ1) is 36.7. The Labute approximate surface area is 453 Å². The van der Waals surface area contributed by atoms with Crippen LogP contribution in [0.5, 0.6) is 5.75 Å². The molecule has 21 nitrogen and oxygen atoms in total. The molecule has 3 saturated heterocycles. The normalized spacial score (nSPS) is 20.7. The van der Waals surface area contributed by atoms with Gasteiger partial charge in [0.1, 0.15) is 22.8 Å². The molecule has 4 aliphatic heterocycles. The first-order valence-electron chi connectivity index (χ1n) is 27.4. The highest BCUT2D eigenvalue weighted by molar-refractivity contribution is 7.92. The molecule has 0 saturated carbocycles. The van der Waals surface area contributed by atoms with Crippen LogP contribution in [-0.4, -0.2) is 201 Å². The van der Waals surface area contributed by atoms with Crippen LogP contribution < -0.4 is 25.2 Å². The van der Waals surface area contributed by atoms with Crippen LogP contribution in [0.2, 0.25) is 0 Å². The standard InChI is InChI=1S/C55H79N15O6S/c1-36-30-69(33-48(72)70-34-55(8,9)49-45(70)23-40(26-57-49)13-10-11-21-71)42(29-56-36)32-67-19-20-68(31-37(67)2)53-58-27-41(28-59-53)52(73)66-17-15-65(16-18-66)14-12-22-76-46-25-44-43(24-47(46)77(74,75)54(5,6)7)51(61-35-60-44)62-50-38(3)39(4)63-64-50/h23-28,35-37,42,56,71H,10-22,29-34H2,1-9H3,(H2,60,61,62,63,64)/t36-,37-,42-/m1/s1. The van der Waals surface area contributed by atoms with Gasteiger partial charge in [-0.2, -0.15) is 5.10 Å². The number of aryl methyl sites for hydroxylation is 2. The van der Waals surface area contributed by atoms with Crippen molar-refractivity contribution in [1.29, 1.82) is 0 Å². The number of hydrogen-bond acceptors (Lipinski definition) is 18. The van der Waals surface area contributed by atoms with E-state index in [4.69, 9.17) is 19.7 Å². The van der Waals surface area contributed by atoms with Crippen molar-refractivity contribution in [2.45, 2.75) is 121 Å². The van der Waals surface area contributed by atoms with Gasteiger partial charge in [-0.25, -0.2) is 28.4 Å². The van der Waals surface area contributed by atoms with E-state index in [1.54, 1.807) is 45.3 Å². The number of carbonyl (C=O) groups excluding carboxylic acids is 2. The Kier molecular flexibility index (Phi) is 16.8. The van der Waals surface area contributed by atoms with Gasteiger partial charge >= 0.3 is 0 Å². The number of sulfone groups is 1. The van der Waals surface area contributed by atoms with Crippen molar-refractivity contribution >= 4 is 55.8 Å². The molecular formula is C55H79N15O6S. The van der Waals surface area contributed by atoms with Crippen LogP contribution in [-0.2, 0) is 26.5 Å². The Balaban J connectivity index is 0.742. The third-order valence-corrected chi connectivity index (χ3v) is 18.4. The molecule has 0 aliphatic carbocycles. The van der Waals surface area contributed by atoms with E-state index in [9.17, 15) is 23.1 Å². The van der Waals surface area contributed by atoms with Gasteiger partial charge in [-0.1, -0.05) is 13.8 Å². The van der Waals surface area contributed by atoms with Crippen LogP contribution in [0.1, 0.15) is 101 Å². The molecule has 3 fully saturated rings. The molecule has 8 heterocycles. The monoisotopic (exact) mass is 1080 g/mol. The number of H-pyrrole nitrogens is 1. The second-order valence-electron chi connectivity index (χ2n) is 23.1. The van der Waals surface area contributed by atoms with Gasteiger partial charge in [0.05, 0.1) is 40.4 Å². The van der Waals surface area contributed by atoms with E-state index in [1.807, 2.05) is 29.8 Å². The van der Waals surface area contributed by atoms with Crippen molar-refractivity contribution in [3.63, 3.8) is 0 Å². The minimum Gasteiger partial charge on any atom is -0.492 e. The molecule has 4 aliphatic rings. The zero-order valence-electron chi connectivity index (χ0n) is 46.5. The molecule has 2 amide bonds. The Hall–Kier alpha value is -5.91. The summed E-state index contributed by atoms with van der Waals surface area (Å²) in [6.07, 6.45) is 9.76. The Morgan fingerprint density at radius 2 is 1.66 bits per heavy atom. The molecule has 1 aromatic carbocycles. The van der Waals surface area contributed by atoms with E-state index in [-0.39, 0.29) is 59.2 Å². The first kappa shape index (κ1) is 55.8. The molecule has 4 N–H and O–H groups in total. The molecular weight excluding hydrogens is 999 g/mol. The van der Waals surface area contributed by atoms with E-state index in [0.29, 0.717) is 86.3 Å². The topological polar surface area (TPSA) is 234 Å². The second-order valence-corrected chi connectivity index (χ2v) is 25.8. The summed E-state index contributed by atoms with van der Waals surface area (Å²) in [5.41, 5.74) is 5.59. The second kappa shape index (κ2) is 23.2. The lowest BCUT2D eigenvalue weighted by atomic mass is 9.91. The number of nitrogens with zero attached hydrogens (tertiary/aromatic N) is 12. The number of ether oxygens (including phenoxy) is 1. The maximum absolute atomic E-state index is 14.2. The van der Waals surface area contributed by atoms with Crippen molar-refractivity contribution < 1.29 is 27.9 Å². The number of nitrogens with one attached hydrogen (secondary N) is 3. The van der Waals surface area contributed by atoms with Gasteiger partial charge in [-0.15, -0.1) is 0 Å². The van der Waals surface area contributed by atoms with Crippen molar-refractivity contribution in [3.05, 3.63) is 71.2 Å². The highest BCUT2D eigenvalue weighted by atomic mass is 32.2. The molecule has 9 rings (SSSR count). The largest absolute Gasteiger partial charge is 0.492 e. The summed E-state index contributed by atoms with van der Waals surface area (Å²) in [5, 5.41) is 24.0. The number of anilines is 4. The fourth-order valence-electron chi connectivity index (χ4n) is 10.9. The van der Waals surface area contributed by atoms with Gasteiger partial charge in [-0.05, 0) is 91.8 Å². The number of aromatic nitrogens is 7. The molecule has 5 aromatic rings. The molecule has 22 heteroatoms. The smallest absolute Gasteiger partial charge is 0.257 e. The SMILES string of the molecule is Cc1[nH]nc(Nc2ncnc3cc(OCCCN4CCN(C(=O)c5cnc(N6CCN(C[C@H]7CN[C@H](C)CN7CC(=O)N7CC(C)(C)c8ncc(CCCCO)cc87)[C@H](C)C6)nc5)CC4)c(S(=O)(=O)C(C)(C)C)cc23)c1C. The zero-order valence-corrected chi connectivity index (χ0v) is 47.3. The van der Waals surface area contributed by atoms with E-state index >= 15 is 0 Å². The van der Waals surface area contributed by atoms with Crippen LogP contribution in [0.15, 0.2) is 48.0 Å². The van der Waals surface area contributed by atoms with Crippen LogP contribution in [0.4, 0.5) is 23.3 Å². The lowest BCUT2D eigenvalue weighted by Crippen LogP contribution is -2.63. The molecule has 0 radical (unpaired) electrons. The average Bonchev–Trinajstić information content (AvgIpc) is 3.89. The lowest BCUT2D eigenvalue weighted by Gasteiger charge is -2.45. The number of pyridine rings is 1. The number of aliphatic hydroxyl groups excluding tert-OH is 1. The Morgan fingerprint density at radius 3 is 2.36 bits per heavy atom. The fourth-order valence-corrected chi connectivity index (χ4v) is 12.2. The minimum atomic E-state index is -3.83. The van der Waals surface area contributed by atoms with Crippen LogP contribution >= 0.6 is 0 Å². The number of unbranched alkanes of at least 4 members (excludes halogenated alkanes) is 1. The number of benzene rings is 1. The number of amides is 2. The van der Waals surface area contributed by atoms with Gasteiger partial charge in [0.2, 0.25) is 11.9 Å². The summed E-state index contributed by atoms with van der Waals surface area (Å²) in [5.74, 6) is 1.91. The predicted molar refractivity (Wildman–Crippen MR) is 298 cm³/mol. The minimum absolute atomic E-state index is 0.0808. The maximum atomic E-state index is 14.2. The van der Waals surface area contributed by atoms with Gasteiger partial charge < -0.3 is 35.2 Å². The number of fused-ring (bicyclic) bond motifs is 2. The summed E-state index contributed by atoms with van der Waals surface area (Å²) < 4.78 is 33.1. The van der Waals surface area contributed by atoms with Crippen molar-refractivity contribution in [2.24, 2.45) is 0 Å². The third-order valence-electron chi connectivity index (χ3n) is 15.8. The maximum Gasteiger partial charge on any atom is 0.257 e. The van der Waals surface area contributed by atoms with Crippen LogP contribution in [0, 0.1) is 13.8 Å². The summed E-state index contributed by atoms with van der Waals surface area (Å²) in [6.45, 7) is 26.9. The van der Waals surface area contributed by atoms with Gasteiger partial charge in [0.15, 0.2) is 15.7 Å². The van der Waals surface area contributed by atoms with Crippen LogP contribution in [0.3, 0.4) is 0 Å². The molecule has 3 atom stereocenters. The van der Waals surface area contributed by atoms with E-state index < -0.39 is 14.6 Å². The Morgan fingerprint density at radius 1 is 0.896 bits per heavy atom. The third kappa shape index (κ3) is 12.4. The van der Waals surface area contributed by atoms with Crippen LogP contribution in [0.25, 0.3) is 10.9 Å². The number of aromatic amines is 1. The van der Waals surface area contributed by atoms with Crippen molar-refractivity contribution in [1.82, 2.24) is 60.0 Å². The fraction of sp³-hybridized carbons (Fsp3) is 0.600. The van der Waals surface area contributed by atoms with E-state index in [1.165, 1.54) is 6.33 Å². The molecule has 0 unspecified atom stereocenters. The number of carbonyl (C=O) groups is 2. The molecule has 4 aromatic heterocycles. The first-order valence-corrected chi connectivity index (χ1v) is 28.8. The quantitative estimate of drug-likeness (QED) is 0.0884. The summed E-state index contributed by atoms with van der Waals surface area (Å²) in [7, 11) is -3.83. The predicted octanol–water partition coefficient (Wildman–Crippen LogP) is 4.51. The lowest BCUT2D eigenvalue weighted by molar-refractivity contribution is -0.120. The molecule has 77 heavy (non-hydrogen) atoms. The van der Waals surface area contributed by atoms with E-state index in [0.717, 1.165) is 86.7 Å². The van der Waals surface area contributed by atoms with E-state index in [2.05, 4.69) is 84.2 Å². The van der Waals surface area contributed by atoms with Crippen molar-refractivity contribution in [3.8, 4) is 5.75 Å². The highest BCUT2D eigenvalue weighted by Gasteiger charge is 2.42. The number of rotatable bonds is 18. The summed E-state index contributed by atoms with van der Waals surface area (Å²) in [4.78, 5) is 64.3. The van der Waals surface area contributed by atoms with Crippen molar-refractivity contribution in [2.75, 3.05) is 113 Å². The number of hydrogen-bond donors (Lipinski definition) is 4. The number of aliphatic hydroxyl groups is 1. The van der Waals surface area contributed by atoms with Gasteiger partial charge in [0.25, 0.3) is 5.91 Å². The average molecular weight is 1080 g/mol. The zero-order chi connectivity index (χ0) is 54.8. The molecule has 0 bridgehead atoms. The number of piperazine rings is 3. The highest BCUT2D eigenvalue weighted by Crippen LogP contribution is 2.40. The van der Waals surface area contributed by atoms with Gasteiger partial charge in [-0.3, -0.25) is 34.4 Å². The summed E-state index contributed by atoms with van der Waals surface area (Å²) >= 11 is 0.